The quantitative estimate of drug-likeness (QED) is 0.784. The van der Waals surface area contributed by atoms with Crippen LogP contribution >= 0.6 is 22.9 Å². The summed E-state index contributed by atoms with van der Waals surface area (Å²) in [7, 11) is 0. The molecule has 0 spiro atoms. The minimum atomic E-state index is -0.482. The summed E-state index contributed by atoms with van der Waals surface area (Å²) in [5, 5.41) is 4.01. The van der Waals surface area contributed by atoms with E-state index in [4.69, 9.17) is 17.3 Å². The van der Waals surface area contributed by atoms with Gasteiger partial charge in [0.25, 0.3) is 5.91 Å². The number of primary amides is 1. The smallest absolute Gasteiger partial charge is 0.251 e. The van der Waals surface area contributed by atoms with Crippen molar-refractivity contribution in [3.8, 4) is 0 Å². The summed E-state index contributed by atoms with van der Waals surface area (Å²) in [6.45, 7) is 2.19. The van der Waals surface area contributed by atoms with E-state index in [0.29, 0.717) is 21.5 Å². The number of thiophene rings is 1. The lowest BCUT2D eigenvalue weighted by Gasteiger charge is -2.18. The van der Waals surface area contributed by atoms with Crippen molar-refractivity contribution < 1.29 is 9.59 Å². The fraction of sp³-hybridized carbons (Fsp3) is 0.263. The predicted octanol–water partition coefficient (Wildman–Crippen LogP) is 4.28. The molecular formula is C19H19ClN2O2S. The molecule has 6 heteroatoms. The summed E-state index contributed by atoms with van der Waals surface area (Å²) < 4.78 is 0. The van der Waals surface area contributed by atoms with Crippen LogP contribution in [-0.2, 0) is 17.6 Å². The van der Waals surface area contributed by atoms with Crippen molar-refractivity contribution in [3.05, 3.63) is 56.9 Å². The van der Waals surface area contributed by atoms with Gasteiger partial charge in [-0.05, 0) is 54.5 Å². The number of carbonyl (C=O) groups is 2. The molecule has 2 aromatic rings. The van der Waals surface area contributed by atoms with Crippen molar-refractivity contribution in [1.29, 1.82) is 0 Å². The number of hydrogen-bond donors (Lipinski definition) is 2. The molecule has 1 unspecified atom stereocenters. The number of nitrogens with one attached hydrogen (secondary N) is 1. The highest BCUT2D eigenvalue weighted by atomic mass is 35.5. The molecule has 1 atom stereocenters. The summed E-state index contributed by atoms with van der Waals surface area (Å²) in [6, 6.07) is 7.18. The van der Waals surface area contributed by atoms with Crippen LogP contribution in [0.1, 0.15) is 39.7 Å². The van der Waals surface area contributed by atoms with Gasteiger partial charge in [-0.1, -0.05) is 30.7 Å². The zero-order chi connectivity index (χ0) is 18.0. The van der Waals surface area contributed by atoms with Gasteiger partial charge in [0, 0.05) is 16.0 Å². The molecule has 2 amide bonds. The van der Waals surface area contributed by atoms with Gasteiger partial charge < -0.3 is 11.1 Å². The van der Waals surface area contributed by atoms with Crippen molar-refractivity contribution in [2.75, 3.05) is 5.32 Å². The number of carbonyl (C=O) groups excluding carboxylic acids is 2. The summed E-state index contributed by atoms with van der Waals surface area (Å²) in [6.07, 6.45) is 5.94. The van der Waals surface area contributed by atoms with Crippen LogP contribution in [0.3, 0.4) is 0 Å². The molecule has 3 N–H and O–H groups in total. The summed E-state index contributed by atoms with van der Waals surface area (Å²) >= 11 is 7.30. The maximum absolute atomic E-state index is 12.2. The Balaban J connectivity index is 1.79. The molecule has 0 radical (unpaired) electrons. The molecule has 0 aliphatic heterocycles. The van der Waals surface area contributed by atoms with Gasteiger partial charge in [-0.2, -0.15) is 0 Å². The first-order valence-electron chi connectivity index (χ1n) is 8.13. The van der Waals surface area contributed by atoms with E-state index in [1.165, 1.54) is 17.4 Å². The van der Waals surface area contributed by atoms with Crippen molar-refractivity contribution >= 4 is 45.8 Å². The summed E-state index contributed by atoms with van der Waals surface area (Å²) in [4.78, 5) is 25.3. The van der Waals surface area contributed by atoms with Gasteiger partial charge in [-0.15, -0.1) is 11.3 Å². The molecule has 3 rings (SSSR count). The zero-order valence-corrected chi connectivity index (χ0v) is 15.4. The molecule has 25 heavy (non-hydrogen) atoms. The second-order valence-corrected chi connectivity index (χ2v) is 7.84. The molecule has 1 aromatic heterocycles. The summed E-state index contributed by atoms with van der Waals surface area (Å²) in [5.74, 6) is -0.187. The average Bonchev–Trinajstić information content (AvgIpc) is 2.91. The van der Waals surface area contributed by atoms with Gasteiger partial charge in [-0.3, -0.25) is 9.59 Å². The Labute approximate surface area is 155 Å². The monoisotopic (exact) mass is 374 g/mol. The Bertz CT molecular complexity index is 840. The van der Waals surface area contributed by atoms with Crippen molar-refractivity contribution in [1.82, 2.24) is 0 Å². The molecule has 130 valence electrons. The van der Waals surface area contributed by atoms with E-state index in [2.05, 4.69) is 12.2 Å². The van der Waals surface area contributed by atoms with Gasteiger partial charge in [0.05, 0.1) is 5.56 Å². The van der Waals surface area contributed by atoms with Crippen LogP contribution in [-0.4, -0.2) is 11.8 Å². The third-order valence-electron chi connectivity index (χ3n) is 4.29. The van der Waals surface area contributed by atoms with Crippen LogP contribution in [0.2, 0.25) is 5.02 Å². The topological polar surface area (TPSA) is 72.2 Å². The molecular weight excluding hydrogens is 356 g/mol. The van der Waals surface area contributed by atoms with Crippen molar-refractivity contribution in [2.45, 2.75) is 26.2 Å². The van der Waals surface area contributed by atoms with E-state index in [9.17, 15) is 9.59 Å². The first kappa shape index (κ1) is 17.7. The normalized spacial score (nSPS) is 16.6. The molecule has 0 bridgehead atoms. The Morgan fingerprint density at radius 2 is 2.04 bits per heavy atom. The molecule has 1 aliphatic rings. The fourth-order valence-electron chi connectivity index (χ4n) is 3.00. The van der Waals surface area contributed by atoms with Crippen LogP contribution in [0, 0.1) is 5.92 Å². The highest BCUT2D eigenvalue weighted by molar-refractivity contribution is 7.17. The Morgan fingerprint density at radius 3 is 2.72 bits per heavy atom. The van der Waals surface area contributed by atoms with E-state index < -0.39 is 5.91 Å². The van der Waals surface area contributed by atoms with Crippen LogP contribution in [0.4, 0.5) is 5.00 Å². The Hall–Kier alpha value is -2.11. The van der Waals surface area contributed by atoms with E-state index in [1.807, 2.05) is 12.1 Å². The van der Waals surface area contributed by atoms with E-state index in [-0.39, 0.29) is 5.91 Å². The Morgan fingerprint density at radius 1 is 1.32 bits per heavy atom. The molecule has 0 fully saturated rings. The van der Waals surface area contributed by atoms with Crippen molar-refractivity contribution in [3.63, 3.8) is 0 Å². The largest absolute Gasteiger partial charge is 0.365 e. The molecule has 0 saturated heterocycles. The number of halogens is 1. The number of fused-ring (bicyclic) bond motifs is 1. The lowest BCUT2D eigenvalue weighted by atomic mass is 9.88. The van der Waals surface area contributed by atoms with E-state index >= 15 is 0 Å². The van der Waals surface area contributed by atoms with Gasteiger partial charge in [0.1, 0.15) is 5.00 Å². The minimum Gasteiger partial charge on any atom is -0.365 e. The van der Waals surface area contributed by atoms with Gasteiger partial charge in [-0.25, -0.2) is 0 Å². The van der Waals surface area contributed by atoms with Gasteiger partial charge >= 0.3 is 0 Å². The zero-order valence-electron chi connectivity index (χ0n) is 13.8. The molecule has 4 nitrogen and oxygen atoms in total. The molecule has 1 aromatic carbocycles. The highest BCUT2D eigenvalue weighted by Crippen LogP contribution is 2.39. The third kappa shape index (κ3) is 4.11. The Kier molecular flexibility index (Phi) is 5.25. The fourth-order valence-corrected chi connectivity index (χ4v) is 4.54. The number of hydrogen-bond acceptors (Lipinski definition) is 3. The standard InChI is InChI=1S/C19H19ClN2O2S/c1-11-2-8-14-15(10-11)25-19(17(14)18(21)24)22-16(23)9-5-12-3-6-13(20)7-4-12/h3-7,9,11H,2,8,10H2,1H3,(H2,21,24)(H,22,23)/b9-5+. The number of nitrogens with two attached hydrogens (primary N) is 1. The maximum Gasteiger partial charge on any atom is 0.251 e. The van der Waals surface area contributed by atoms with E-state index in [0.717, 1.165) is 35.3 Å². The number of anilines is 1. The van der Waals surface area contributed by atoms with E-state index in [1.54, 1.807) is 18.2 Å². The lowest BCUT2D eigenvalue weighted by Crippen LogP contribution is -2.18. The third-order valence-corrected chi connectivity index (χ3v) is 5.71. The second-order valence-electron chi connectivity index (χ2n) is 6.29. The van der Waals surface area contributed by atoms with Crippen LogP contribution in [0.25, 0.3) is 6.08 Å². The SMILES string of the molecule is CC1CCc2c(sc(NC(=O)/C=C/c3ccc(Cl)cc3)c2C(N)=O)C1. The number of benzene rings is 1. The average molecular weight is 375 g/mol. The van der Waals surface area contributed by atoms with Crippen LogP contribution in [0.5, 0.6) is 0 Å². The predicted molar refractivity (Wildman–Crippen MR) is 103 cm³/mol. The molecule has 1 aliphatic carbocycles. The summed E-state index contributed by atoms with van der Waals surface area (Å²) in [5.41, 5.74) is 7.91. The first-order valence-corrected chi connectivity index (χ1v) is 9.32. The first-order chi connectivity index (χ1) is 11.9. The minimum absolute atomic E-state index is 0.288. The maximum atomic E-state index is 12.2. The highest BCUT2D eigenvalue weighted by Gasteiger charge is 2.26. The van der Waals surface area contributed by atoms with Crippen LogP contribution in [0.15, 0.2) is 30.3 Å². The van der Waals surface area contributed by atoms with Gasteiger partial charge in [0.15, 0.2) is 0 Å². The molecule has 0 saturated carbocycles. The van der Waals surface area contributed by atoms with Crippen LogP contribution < -0.4 is 11.1 Å². The number of rotatable bonds is 4. The van der Waals surface area contributed by atoms with Crippen molar-refractivity contribution in [2.24, 2.45) is 11.7 Å². The lowest BCUT2D eigenvalue weighted by molar-refractivity contribution is -0.111. The molecule has 1 heterocycles. The number of amides is 2. The second kappa shape index (κ2) is 7.42. The van der Waals surface area contributed by atoms with Gasteiger partial charge in [0.2, 0.25) is 5.91 Å².